The van der Waals surface area contributed by atoms with Crippen LogP contribution in [0.1, 0.15) is 18.4 Å². The second-order valence-corrected chi connectivity index (χ2v) is 10.0. The zero-order chi connectivity index (χ0) is 26.7. The topological polar surface area (TPSA) is 38.8 Å². The third-order valence-corrected chi connectivity index (χ3v) is 7.62. The van der Waals surface area contributed by atoms with Gasteiger partial charge in [-0.3, -0.25) is 4.90 Å². The van der Waals surface area contributed by atoms with E-state index in [2.05, 4.69) is 0 Å². The number of rotatable bonds is 8. The van der Waals surface area contributed by atoms with Crippen LogP contribution in [0.2, 0.25) is 0 Å². The molecule has 0 spiro atoms. The molecule has 1 atom stereocenters. The minimum Gasteiger partial charge on any atom is -0.488 e. The second kappa shape index (κ2) is 11.0. The number of nitrogens with zero attached hydrogens (tertiary/aromatic N) is 2. The largest absolute Gasteiger partial charge is 0.488 e. The molecule has 3 fully saturated rings. The van der Waals surface area contributed by atoms with Crippen LogP contribution in [0.5, 0.6) is 5.75 Å². The molecule has 5 nitrogen and oxygen atoms in total. The lowest BCUT2D eigenvalue weighted by molar-refractivity contribution is -0.946. The van der Waals surface area contributed by atoms with Gasteiger partial charge < -0.3 is 14.0 Å². The van der Waals surface area contributed by atoms with Crippen molar-refractivity contribution in [3.63, 3.8) is 0 Å². The Morgan fingerprint density at radius 3 is 2.24 bits per heavy atom. The number of carbonyl (C=O) groups is 1. The summed E-state index contributed by atoms with van der Waals surface area (Å²) in [6.45, 7) is 3.43. The summed E-state index contributed by atoms with van der Waals surface area (Å²) < 4.78 is 68.5. The maximum atomic E-state index is 14.7. The lowest BCUT2D eigenvalue weighted by Gasteiger charge is -2.52. The Kier molecular flexibility index (Phi) is 7.56. The molecule has 3 aliphatic heterocycles. The lowest BCUT2D eigenvalue weighted by atomic mass is 9.83. The van der Waals surface area contributed by atoms with Gasteiger partial charge in [0.1, 0.15) is 31.3 Å². The third kappa shape index (κ3) is 5.62. The van der Waals surface area contributed by atoms with E-state index in [0.29, 0.717) is 13.2 Å². The highest BCUT2D eigenvalue weighted by Gasteiger charge is 2.48. The summed E-state index contributed by atoms with van der Waals surface area (Å²) in [5.74, 6) is -4.09. The molecule has 0 aromatic heterocycles. The van der Waals surface area contributed by atoms with E-state index in [1.54, 1.807) is 6.07 Å². The van der Waals surface area contributed by atoms with Crippen molar-refractivity contribution in [3.05, 3.63) is 95.6 Å². The van der Waals surface area contributed by atoms with Gasteiger partial charge in [-0.05, 0) is 42.0 Å². The first-order valence-electron chi connectivity index (χ1n) is 12.7. The minimum absolute atomic E-state index is 0.0305. The van der Waals surface area contributed by atoms with Crippen molar-refractivity contribution in [1.82, 2.24) is 0 Å². The van der Waals surface area contributed by atoms with E-state index in [0.717, 1.165) is 59.7 Å². The first kappa shape index (κ1) is 26.0. The van der Waals surface area contributed by atoms with Crippen LogP contribution in [0.25, 0.3) is 0 Å². The Hall–Kier alpha value is -3.59. The van der Waals surface area contributed by atoms with Crippen molar-refractivity contribution in [2.75, 3.05) is 37.7 Å². The molecule has 1 unspecified atom stereocenters. The van der Waals surface area contributed by atoms with Gasteiger partial charge in [0.25, 0.3) is 0 Å². The van der Waals surface area contributed by atoms with Gasteiger partial charge in [0.2, 0.25) is 0 Å². The van der Waals surface area contributed by atoms with Gasteiger partial charge in [-0.25, -0.2) is 22.4 Å². The summed E-state index contributed by atoms with van der Waals surface area (Å²) in [5.41, 5.74) is -0.124. The highest BCUT2D eigenvalue weighted by molar-refractivity contribution is 5.87. The van der Waals surface area contributed by atoms with Crippen LogP contribution in [-0.4, -0.2) is 49.5 Å². The lowest BCUT2D eigenvalue weighted by Crippen LogP contribution is -2.65. The number of para-hydroxylation sites is 2. The van der Waals surface area contributed by atoms with Crippen LogP contribution in [0.4, 0.5) is 28.0 Å². The average Bonchev–Trinajstić information content (AvgIpc) is 2.92. The first-order valence-corrected chi connectivity index (χ1v) is 12.7. The number of benzene rings is 3. The van der Waals surface area contributed by atoms with E-state index < -0.39 is 42.0 Å². The average molecular weight is 530 g/mol. The number of hydrogen-bond donors (Lipinski definition) is 0. The number of hydrogen-bond acceptors (Lipinski definition) is 3. The quantitative estimate of drug-likeness (QED) is 0.202. The number of halogens is 4. The fourth-order valence-electron chi connectivity index (χ4n) is 5.54. The molecule has 3 saturated heterocycles. The van der Waals surface area contributed by atoms with Crippen LogP contribution < -0.4 is 9.64 Å². The van der Waals surface area contributed by atoms with E-state index in [9.17, 15) is 22.4 Å². The molecule has 0 radical (unpaired) electrons. The molecule has 0 saturated carbocycles. The number of quaternary nitrogens is 1. The number of carbonyl (C=O) groups excluding carboxylic acids is 1. The molecule has 0 N–H and O–H groups in total. The number of amides is 1. The molecular formula is C29H29F4N2O3+. The molecule has 1 amide bonds. The Bertz CT molecular complexity index is 1260. The van der Waals surface area contributed by atoms with E-state index in [1.807, 2.05) is 30.3 Å². The van der Waals surface area contributed by atoms with Gasteiger partial charge >= 0.3 is 6.09 Å². The van der Waals surface area contributed by atoms with Crippen LogP contribution in [0, 0.1) is 29.2 Å². The van der Waals surface area contributed by atoms with Crippen molar-refractivity contribution >= 4 is 11.8 Å². The Labute approximate surface area is 218 Å². The summed E-state index contributed by atoms with van der Waals surface area (Å²) >= 11 is 0. The molecule has 3 heterocycles. The molecule has 3 aromatic carbocycles. The molecule has 3 aromatic rings. The molecule has 200 valence electrons. The molecule has 38 heavy (non-hydrogen) atoms. The van der Waals surface area contributed by atoms with Gasteiger partial charge in [-0.15, -0.1) is 0 Å². The number of piperidine rings is 3. The molecule has 3 aliphatic rings. The first-order chi connectivity index (χ1) is 18.3. The summed E-state index contributed by atoms with van der Waals surface area (Å²) in [4.78, 5) is 14.4. The zero-order valence-corrected chi connectivity index (χ0v) is 20.8. The van der Waals surface area contributed by atoms with Gasteiger partial charge in [-0.1, -0.05) is 30.3 Å². The van der Waals surface area contributed by atoms with Gasteiger partial charge in [0.15, 0.2) is 23.6 Å². The monoisotopic (exact) mass is 529 g/mol. The fourth-order valence-corrected chi connectivity index (χ4v) is 5.54. The normalized spacial score (nSPS) is 22.2. The van der Waals surface area contributed by atoms with Crippen molar-refractivity contribution in [1.29, 1.82) is 0 Å². The molecular weight excluding hydrogens is 500 g/mol. The van der Waals surface area contributed by atoms with E-state index in [-0.39, 0.29) is 17.2 Å². The highest BCUT2D eigenvalue weighted by Crippen LogP contribution is 2.36. The van der Waals surface area contributed by atoms with Crippen LogP contribution in [0.15, 0.2) is 66.7 Å². The smallest absolute Gasteiger partial charge is 0.415 e. The van der Waals surface area contributed by atoms with E-state index >= 15 is 0 Å². The molecule has 9 heteroatoms. The predicted molar refractivity (Wildman–Crippen MR) is 134 cm³/mol. The van der Waals surface area contributed by atoms with Crippen molar-refractivity contribution in [2.24, 2.45) is 5.92 Å². The number of anilines is 1. The summed E-state index contributed by atoms with van der Waals surface area (Å²) in [6, 6.07) is 16.7. The SMILES string of the molecule is O=C(OC1C[N+]2(CCOc3ccccc3)CCC1CC2)N(Cc1cc(F)c(F)c(F)c1)c1ccccc1F. The third-order valence-electron chi connectivity index (χ3n) is 7.62. The highest BCUT2D eigenvalue weighted by atomic mass is 19.2. The van der Waals surface area contributed by atoms with Crippen LogP contribution >= 0.6 is 0 Å². The standard InChI is InChI=1S/C29H29F4N2O3/c30-23-8-4-5-9-26(23)34(18-20-16-24(31)28(33)25(32)17-20)29(36)38-27-19-35(12-10-21(27)11-13-35)14-15-37-22-6-2-1-3-7-22/h1-9,16-17,21,27H,10-15,18-19H2/q+1. The molecule has 0 aliphatic carbocycles. The van der Waals surface area contributed by atoms with E-state index in [1.165, 1.54) is 18.2 Å². The minimum atomic E-state index is -1.61. The number of fused-ring (bicyclic) bond motifs is 3. The Morgan fingerprint density at radius 2 is 1.55 bits per heavy atom. The Morgan fingerprint density at radius 1 is 0.895 bits per heavy atom. The zero-order valence-electron chi connectivity index (χ0n) is 20.8. The van der Waals surface area contributed by atoms with Crippen molar-refractivity contribution < 1.29 is 36.3 Å². The second-order valence-electron chi connectivity index (χ2n) is 10.0. The Balaban J connectivity index is 1.31. The maximum absolute atomic E-state index is 14.7. The predicted octanol–water partition coefficient (Wildman–Crippen LogP) is 6.07. The molecule has 6 rings (SSSR count). The van der Waals surface area contributed by atoms with Crippen molar-refractivity contribution in [2.45, 2.75) is 25.5 Å². The summed E-state index contributed by atoms with van der Waals surface area (Å²) in [7, 11) is 0. The van der Waals surface area contributed by atoms with Crippen molar-refractivity contribution in [3.8, 4) is 5.75 Å². The molecule has 2 bridgehead atoms. The fraction of sp³-hybridized carbons (Fsp3) is 0.345. The van der Waals surface area contributed by atoms with Gasteiger partial charge in [0.05, 0.1) is 25.3 Å². The van der Waals surface area contributed by atoms with E-state index in [4.69, 9.17) is 9.47 Å². The van der Waals surface area contributed by atoms with Gasteiger partial charge in [-0.2, -0.15) is 0 Å². The maximum Gasteiger partial charge on any atom is 0.415 e. The van der Waals surface area contributed by atoms with Crippen LogP contribution in [0.3, 0.4) is 0 Å². The summed E-state index contributed by atoms with van der Waals surface area (Å²) in [6.07, 6.45) is 0.560. The van der Waals surface area contributed by atoms with Gasteiger partial charge in [0, 0.05) is 18.8 Å². The van der Waals surface area contributed by atoms with Crippen LogP contribution in [-0.2, 0) is 11.3 Å². The summed E-state index contributed by atoms with van der Waals surface area (Å²) in [5, 5.41) is 0. The number of ether oxygens (including phenoxy) is 2.